The summed E-state index contributed by atoms with van der Waals surface area (Å²) in [6.07, 6.45) is 8.77. The molecule has 0 aromatic heterocycles. The number of hydrogen-bond donors (Lipinski definition) is 2. The molecule has 0 aromatic carbocycles. The number of amides is 1. The molecule has 0 aromatic rings. The van der Waals surface area contributed by atoms with Crippen molar-refractivity contribution in [2.24, 2.45) is 17.8 Å². The van der Waals surface area contributed by atoms with E-state index >= 15 is 0 Å². The molecule has 3 heteroatoms. The van der Waals surface area contributed by atoms with Crippen molar-refractivity contribution in [1.29, 1.82) is 0 Å². The summed E-state index contributed by atoms with van der Waals surface area (Å²) in [4.78, 5) is 12.2. The van der Waals surface area contributed by atoms with E-state index in [1.807, 2.05) is 0 Å². The maximum absolute atomic E-state index is 12.2. The van der Waals surface area contributed by atoms with Crippen molar-refractivity contribution in [3.8, 4) is 0 Å². The molecular formula is C16H30N2O. The van der Waals surface area contributed by atoms with Gasteiger partial charge in [-0.1, -0.05) is 39.5 Å². The van der Waals surface area contributed by atoms with E-state index in [1.54, 1.807) is 0 Å². The quantitative estimate of drug-likeness (QED) is 0.821. The third kappa shape index (κ3) is 4.20. The van der Waals surface area contributed by atoms with E-state index < -0.39 is 0 Å². The van der Waals surface area contributed by atoms with Gasteiger partial charge < -0.3 is 10.6 Å². The molecule has 2 fully saturated rings. The predicted octanol–water partition coefficient (Wildman–Crippen LogP) is 2.71. The minimum atomic E-state index is 0.0533. The van der Waals surface area contributed by atoms with E-state index in [2.05, 4.69) is 24.5 Å². The van der Waals surface area contributed by atoms with Gasteiger partial charge in [0, 0.05) is 6.54 Å². The molecule has 1 aliphatic carbocycles. The Kier molecular flexibility index (Phi) is 5.68. The third-order valence-electron chi connectivity index (χ3n) is 5.23. The molecule has 1 heterocycles. The van der Waals surface area contributed by atoms with E-state index in [1.165, 1.54) is 38.5 Å². The normalized spacial score (nSPS) is 35.9. The highest BCUT2D eigenvalue weighted by molar-refractivity contribution is 5.81. The molecular weight excluding hydrogens is 236 g/mol. The minimum absolute atomic E-state index is 0.0533. The molecule has 1 saturated carbocycles. The maximum atomic E-state index is 12.2. The fourth-order valence-corrected chi connectivity index (χ4v) is 3.62. The number of carbonyl (C=O) groups is 1. The molecule has 1 amide bonds. The van der Waals surface area contributed by atoms with Crippen LogP contribution in [0.25, 0.3) is 0 Å². The van der Waals surface area contributed by atoms with Crippen molar-refractivity contribution < 1.29 is 4.79 Å². The zero-order valence-electron chi connectivity index (χ0n) is 12.6. The fourth-order valence-electron chi connectivity index (χ4n) is 3.62. The van der Waals surface area contributed by atoms with Gasteiger partial charge in [0.05, 0.1) is 6.04 Å². The molecule has 0 bridgehead atoms. The number of piperidine rings is 1. The average Bonchev–Trinajstić information content (AvgIpc) is 2.46. The van der Waals surface area contributed by atoms with Gasteiger partial charge in [-0.25, -0.2) is 0 Å². The van der Waals surface area contributed by atoms with Crippen LogP contribution in [-0.2, 0) is 4.79 Å². The lowest BCUT2D eigenvalue weighted by Gasteiger charge is -2.31. The van der Waals surface area contributed by atoms with Crippen LogP contribution in [0.2, 0.25) is 0 Å². The van der Waals surface area contributed by atoms with Crippen LogP contribution in [0.1, 0.15) is 58.8 Å². The summed E-state index contributed by atoms with van der Waals surface area (Å²) < 4.78 is 0. The van der Waals surface area contributed by atoms with Crippen LogP contribution in [0.5, 0.6) is 0 Å². The van der Waals surface area contributed by atoms with Gasteiger partial charge in [0.15, 0.2) is 0 Å². The van der Waals surface area contributed by atoms with Crippen molar-refractivity contribution in [2.45, 2.75) is 64.8 Å². The predicted molar refractivity (Wildman–Crippen MR) is 78.9 cm³/mol. The highest BCUT2D eigenvalue weighted by Gasteiger charge is 2.27. The molecule has 110 valence electrons. The fraction of sp³-hybridized carbons (Fsp3) is 0.938. The van der Waals surface area contributed by atoms with E-state index in [4.69, 9.17) is 0 Å². The zero-order valence-corrected chi connectivity index (χ0v) is 12.6. The highest BCUT2D eigenvalue weighted by Crippen LogP contribution is 2.29. The highest BCUT2D eigenvalue weighted by atomic mass is 16.2. The second kappa shape index (κ2) is 7.28. The van der Waals surface area contributed by atoms with Crippen molar-refractivity contribution in [2.75, 3.05) is 13.1 Å². The summed E-state index contributed by atoms with van der Waals surface area (Å²) in [6.45, 7) is 6.45. The first kappa shape index (κ1) is 14.8. The Hall–Kier alpha value is -0.570. The molecule has 0 spiro atoms. The van der Waals surface area contributed by atoms with Gasteiger partial charge in [-0.15, -0.1) is 0 Å². The summed E-state index contributed by atoms with van der Waals surface area (Å²) in [6, 6.07) is 0.0533. The summed E-state index contributed by atoms with van der Waals surface area (Å²) in [5.41, 5.74) is 0. The van der Waals surface area contributed by atoms with Gasteiger partial charge in [0.2, 0.25) is 5.91 Å². The van der Waals surface area contributed by atoms with Gasteiger partial charge in [-0.2, -0.15) is 0 Å². The zero-order chi connectivity index (χ0) is 13.7. The molecule has 1 aliphatic heterocycles. The Labute approximate surface area is 117 Å². The number of rotatable bonds is 4. The Morgan fingerprint density at radius 3 is 2.79 bits per heavy atom. The molecule has 2 N–H and O–H groups in total. The van der Waals surface area contributed by atoms with E-state index in [0.29, 0.717) is 5.92 Å². The topological polar surface area (TPSA) is 41.1 Å². The molecule has 2 aliphatic rings. The Morgan fingerprint density at radius 2 is 2.05 bits per heavy atom. The monoisotopic (exact) mass is 266 g/mol. The van der Waals surface area contributed by atoms with Crippen LogP contribution in [0.15, 0.2) is 0 Å². The summed E-state index contributed by atoms with van der Waals surface area (Å²) in [7, 11) is 0. The Balaban J connectivity index is 1.74. The molecule has 3 nitrogen and oxygen atoms in total. The van der Waals surface area contributed by atoms with Gasteiger partial charge in [0.1, 0.15) is 0 Å². The van der Waals surface area contributed by atoms with Crippen LogP contribution in [0.4, 0.5) is 0 Å². The largest absolute Gasteiger partial charge is 0.354 e. The second-order valence-electron chi connectivity index (χ2n) is 6.57. The lowest BCUT2D eigenvalue weighted by molar-refractivity contribution is -0.124. The first-order valence-electron chi connectivity index (χ1n) is 8.21. The first-order chi connectivity index (χ1) is 9.20. The van der Waals surface area contributed by atoms with Gasteiger partial charge in [-0.05, 0) is 43.6 Å². The molecule has 2 rings (SSSR count). The summed E-state index contributed by atoms with van der Waals surface area (Å²) in [5, 5.41) is 6.57. The summed E-state index contributed by atoms with van der Waals surface area (Å²) in [5.74, 6) is 2.43. The van der Waals surface area contributed by atoms with Crippen molar-refractivity contribution in [3.05, 3.63) is 0 Å². The van der Waals surface area contributed by atoms with Crippen molar-refractivity contribution >= 4 is 5.91 Å². The molecule has 0 radical (unpaired) electrons. The number of nitrogens with one attached hydrogen (secondary N) is 2. The van der Waals surface area contributed by atoms with Crippen LogP contribution in [-0.4, -0.2) is 25.0 Å². The minimum Gasteiger partial charge on any atom is -0.354 e. The Bertz CT molecular complexity index is 292. The van der Waals surface area contributed by atoms with Crippen LogP contribution >= 0.6 is 0 Å². The van der Waals surface area contributed by atoms with Crippen molar-refractivity contribution in [1.82, 2.24) is 10.6 Å². The molecule has 4 atom stereocenters. The maximum Gasteiger partial charge on any atom is 0.237 e. The number of carbonyl (C=O) groups excluding carboxylic acids is 1. The van der Waals surface area contributed by atoms with Gasteiger partial charge >= 0.3 is 0 Å². The van der Waals surface area contributed by atoms with Gasteiger partial charge in [-0.3, -0.25) is 4.79 Å². The van der Waals surface area contributed by atoms with Crippen LogP contribution in [0.3, 0.4) is 0 Å². The Morgan fingerprint density at radius 1 is 1.26 bits per heavy atom. The molecule has 4 unspecified atom stereocenters. The van der Waals surface area contributed by atoms with Crippen LogP contribution in [0, 0.1) is 17.8 Å². The molecule has 1 saturated heterocycles. The van der Waals surface area contributed by atoms with Crippen molar-refractivity contribution in [3.63, 3.8) is 0 Å². The standard InChI is InChI=1S/C16H30N2O/c1-3-13-8-9-17-15(10-13)16(19)18-11-14-7-5-4-6-12(14)2/h12-15,17H,3-11H2,1-2H3,(H,18,19). The van der Waals surface area contributed by atoms with E-state index in [9.17, 15) is 4.79 Å². The van der Waals surface area contributed by atoms with Gasteiger partial charge in [0.25, 0.3) is 0 Å². The smallest absolute Gasteiger partial charge is 0.237 e. The lowest BCUT2D eigenvalue weighted by atomic mass is 9.80. The van der Waals surface area contributed by atoms with E-state index in [0.717, 1.165) is 31.3 Å². The number of hydrogen-bond acceptors (Lipinski definition) is 2. The van der Waals surface area contributed by atoms with E-state index in [-0.39, 0.29) is 11.9 Å². The SMILES string of the molecule is CCC1CCNC(C(=O)NCC2CCCCC2C)C1. The second-order valence-corrected chi connectivity index (χ2v) is 6.57. The summed E-state index contributed by atoms with van der Waals surface area (Å²) >= 11 is 0. The molecule has 19 heavy (non-hydrogen) atoms. The lowest BCUT2D eigenvalue weighted by Crippen LogP contribution is -2.49. The first-order valence-corrected chi connectivity index (χ1v) is 8.21. The average molecular weight is 266 g/mol. The van der Waals surface area contributed by atoms with Crippen LogP contribution < -0.4 is 10.6 Å². The third-order valence-corrected chi connectivity index (χ3v) is 5.23.